The molecule has 2 fully saturated rings. The number of fused-ring (bicyclic) bond motifs is 2. The van der Waals surface area contributed by atoms with Gasteiger partial charge in [-0.05, 0) is 24.6 Å². The van der Waals surface area contributed by atoms with Crippen LogP contribution in [0.25, 0.3) is 22.4 Å². The van der Waals surface area contributed by atoms with Crippen molar-refractivity contribution in [2.45, 2.75) is 12.5 Å². The first-order chi connectivity index (χ1) is 17.7. The van der Waals surface area contributed by atoms with Crippen molar-refractivity contribution >= 4 is 40.0 Å². The smallest absolute Gasteiger partial charge is 0.284 e. The van der Waals surface area contributed by atoms with Crippen molar-refractivity contribution in [3.63, 3.8) is 0 Å². The number of benzene rings is 1. The van der Waals surface area contributed by atoms with Gasteiger partial charge in [0.15, 0.2) is 22.8 Å². The molecule has 36 heavy (non-hydrogen) atoms. The fraction of sp³-hybridized carbons (Fsp3) is 0.292. The number of rotatable bonds is 4. The molecule has 6 heterocycles. The quantitative estimate of drug-likeness (QED) is 0.398. The Hall–Kier alpha value is -3.96. The molecular weight excluding hydrogens is 482 g/mol. The van der Waals surface area contributed by atoms with E-state index in [1.54, 1.807) is 27.7 Å². The maximum atomic E-state index is 13.7. The van der Waals surface area contributed by atoms with Gasteiger partial charge in [-0.3, -0.25) is 9.36 Å². The summed E-state index contributed by atoms with van der Waals surface area (Å²) in [4.78, 5) is 35.2. The van der Waals surface area contributed by atoms with Gasteiger partial charge in [-0.25, -0.2) is 9.50 Å². The number of hydrogen-bond acceptors (Lipinski definition) is 8. The van der Waals surface area contributed by atoms with Gasteiger partial charge < -0.3 is 19.5 Å². The lowest BCUT2D eigenvalue weighted by Gasteiger charge is -2.42. The Morgan fingerprint density at radius 3 is 2.67 bits per heavy atom. The fourth-order valence-electron chi connectivity index (χ4n) is 4.91. The number of aromatic nitrogens is 7. The molecular formula is C24H22ClN9O2. The molecule has 1 aromatic carbocycles. The summed E-state index contributed by atoms with van der Waals surface area (Å²) in [5, 5.41) is 5.24. The minimum atomic E-state index is -0.213. The zero-order chi connectivity index (χ0) is 24.2. The second-order valence-corrected chi connectivity index (χ2v) is 9.24. The van der Waals surface area contributed by atoms with Gasteiger partial charge in [-0.2, -0.15) is 15.1 Å². The van der Waals surface area contributed by atoms with Crippen LogP contribution in [-0.2, 0) is 4.74 Å². The molecule has 0 saturated carbocycles. The molecule has 0 aliphatic carbocycles. The highest BCUT2D eigenvalue weighted by atomic mass is 35.5. The van der Waals surface area contributed by atoms with E-state index in [1.165, 1.54) is 0 Å². The van der Waals surface area contributed by atoms with E-state index in [2.05, 4.69) is 19.8 Å². The third kappa shape index (κ3) is 3.27. The monoisotopic (exact) mass is 503 g/mol. The van der Waals surface area contributed by atoms with Crippen LogP contribution in [0.1, 0.15) is 18.3 Å². The third-order valence-corrected chi connectivity index (χ3v) is 7.11. The predicted octanol–water partition coefficient (Wildman–Crippen LogP) is 2.59. The van der Waals surface area contributed by atoms with Gasteiger partial charge in [0, 0.05) is 25.8 Å². The Labute approximate surface area is 209 Å². The number of H-pyrrole nitrogens is 1. The number of ether oxygens (including phenoxy) is 1. The van der Waals surface area contributed by atoms with Gasteiger partial charge >= 0.3 is 0 Å². The second-order valence-electron chi connectivity index (χ2n) is 8.84. The molecule has 0 amide bonds. The molecule has 5 aromatic rings. The summed E-state index contributed by atoms with van der Waals surface area (Å²) < 4.78 is 8.73. The molecule has 2 aliphatic heterocycles. The van der Waals surface area contributed by atoms with Gasteiger partial charge in [0.1, 0.15) is 5.52 Å². The van der Waals surface area contributed by atoms with Gasteiger partial charge in [-0.15, -0.1) is 0 Å². The van der Waals surface area contributed by atoms with Crippen molar-refractivity contribution in [2.24, 2.45) is 0 Å². The highest BCUT2D eigenvalue weighted by Gasteiger charge is 2.37. The van der Waals surface area contributed by atoms with E-state index in [0.717, 1.165) is 37.6 Å². The summed E-state index contributed by atoms with van der Waals surface area (Å²) in [5.41, 5.74) is 2.23. The number of imidazole rings is 1. The number of para-hydroxylation sites is 1. The summed E-state index contributed by atoms with van der Waals surface area (Å²) in [6, 6.07) is 11.0. The Balaban J connectivity index is 1.38. The van der Waals surface area contributed by atoms with Crippen molar-refractivity contribution in [1.82, 2.24) is 34.1 Å². The minimum Gasteiger partial charge on any atom is -0.378 e. The lowest BCUT2D eigenvalue weighted by atomic mass is 10.0. The SMILES string of the molecule is O=c1c2c(Cl)ccn2nc([C@@H]2CCN2c2nc(N3CCOCC3)nc3[nH]cnc23)n1-c1ccccc1. The molecule has 0 bridgehead atoms. The van der Waals surface area contributed by atoms with E-state index in [-0.39, 0.29) is 11.6 Å². The molecule has 2 aliphatic rings. The van der Waals surface area contributed by atoms with E-state index in [0.29, 0.717) is 46.7 Å². The zero-order valence-corrected chi connectivity index (χ0v) is 20.0. The molecule has 11 nitrogen and oxygen atoms in total. The predicted molar refractivity (Wildman–Crippen MR) is 135 cm³/mol. The molecule has 0 radical (unpaired) electrons. The van der Waals surface area contributed by atoms with Crippen LogP contribution < -0.4 is 15.4 Å². The van der Waals surface area contributed by atoms with Crippen LogP contribution in [-0.4, -0.2) is 67.0 Å². The molecule has 12 heteroatoms. The fourth-order valence-corrected chi connectivity index (χ4v) is 5.14. The maximum absolute atomic E-state index is 13.7. The highest BCUT2D eigenvalue weighted by Crippen LogP contribution is 2.39. The number of anilines is 2. The van der Waals surface area contributed by atoms with Gasteiger partial charge in [0.25, 0.3) is 5.56 Å². The van der Waals surface area contributed by atoms with E-state index >= 15 is 0 Å². The second kappa shape index (κ2) is 8.32. The highest BCUT2D eigenvalue weighted by molar-refractivity contribution is 6.33. The molecule has 2 saturated heterocycles. The number of nitrogens with one attached hydrogen (secondary N) is 1. The summed E-state index contributed by atoms with van der Waals surface area (Å²) in [5.74, 6) is 1.97. The van der Waals surface area contributed by atoms with Crippen LogP contribution in [0.2, 0.25) is 5.02 Å². The van der Waals surface area contributed by atoms with Crippen LogP contribution in [0.3, 0.4) is 0 Å². The lowest BCUT2D eigenvalue weighted by molar-refractivity contribution is 0.122. The van der Waals surface area contributed by atoms with E-state index in [1.807, 2.05) is 30.3 Å². The van der Waals surface area contributed by atoms with Gasteiger partial charge in [-0.1, -0.05) is 29.8 Å². The molecule has 4 aromatic heterocycles. The first kappa shape index (κ1) is 21.3. The lowest BCUT2D eigenvalue weighted by Crippen LogP contribution is -2.45. The summed E-state index contributed by atoms with van der Waals surface area (Å²) in [6.45, 7) is 3.48. The van der Waals surface area contributed by atoms with Crippen LogP contribution in [0.4, 0.5) is 11.8 Å². The van der Waals surface area contributed by atoms with Crippen molar-refractivity contribution in [2.75, 3.05) is 42.6 Å². The number of hydrogen-bond donors (Lipinski definition) is 1. The largest absolute Gasteiger partial charge is 0.378 e. The Morgan fingerprint density at radius 1 is 1.06 bits per heavy atom. The van der Waals surface area contributed by atoms with Crippen LogP contribution in [0.15, 0.2) is 53.7 Å². The normalized spacial score (nSPS) is 18.2. The van der Waals surface area contributed by atoms with E-state index in [9.17, 15) is 4.79 Å². The Kier molecular flexibility index (Phi) is 4.93. The topological polar surface area (TPSA) is 109 Å². The standard InChI is InChI=1S/C24H22ClN9O2/c25-16-6-9-33-19(16)23(35)34(15-4-2-1-3-5-15)21(30-33)17-7-8-32(17)22-18-20(27-14-26-18)28-24(29-22)31-10-12-36-13-11-31/h1-6,9,14,17H,7-8,10-13H2,(H,26,27,28,29)/t17-/m0/s1. The van der Waals surface area contributed by atoms with Crippen LogP contribution >= 0.6 is 11.6 Å². The van der Waals surface area contributed by atoms with Crippen LogP contribution in [0.5, 0.6) is 0 Å². The van der Waals surface area contributed by atoms with Crippen molar-refractivity contribution < 1.29 is 4.74 Å². The molecule has 0 spiro atoms. The average Bonchev–Trinajstić information content (AvgIpc) is 3.51. The molecule has 1 N–H and O–H groups in total. The molecule has 182 valence electrons. The maximum Gasteiger partial charge on any atom is 0.284 e. The van der Waals surface area contributed by atoms with Crippen molar-refractivity contribution in [1.29, 1.82) is 0 Å². The first-order valence-corrected chi connectivity index (χ1v) is 12.2. The summed E-state index contributed by atoms with van der Waals surface area (Å²) in [7, 11) is 0. The minimum absolute atomic E-state index is 0.184. The van der Waals surface area contributed by atoms with Crippen molar-refractivity contribution in [3.05, 3.63) is 70.1 Å². The summed E-state index contributed by atoms with van der Waals surface area (Å²) in [6.07, 6.45) is 4.16. The Bertz CT molecular complexity index is 1640. The molecule has 7 rings (SSSR count). The number of halogens is 1. The summed E-state index contributed by atoms with van der Waals surface area (Å²) >= 11 is 6.36. The van der Waals surface area contributed by atoms with Gasteiger partial charge in [0.05, 0.1) is 36.3 Å². The number of nitrogens with zero attached hydrogens (tertiary/aromatic N) is 8. The van der Waals surface area contributed by atoms with E-state index < -0.39 is 0 Å². The first-order valence-electron chi connectivity index (χ1n) is 11.8. The zero-order valence-electron chi connectivity index (χ0n) is 19.2. The Morgan fingerprint density at radius 2 is 1.89 bits per heavy atom. The third-order valence-electron chi connectivity index (χ3n) is 6.81. The van der Waals surface area contributed by atoms with Crippen molar-refractivity contribution in [3.8, 4) is 5.69 Å². The molecule has 0 unspecified atom stereocenters. The number of morpholine rings is 1. The van der Waals surface area contributed by atoms with E-state index in [4.69, 9.17) is 31.4 Å². The van der Waals surface area contributed by atoms with Gasteiger partial charge in [0.2, 0.25) is 5.95 Å². The van der Waals surface area contributed by atoms with Crippen LogP contribution in [0, 0.1) is 0 Å². The average molecular weight is 504 g/mol. The molecule has 1 atom stereocenters. The number of aromatic amines is 1.